The van der Waals surface area contributed by atoms with Gasteiger partial charge in [-0.05, 0) is 13.1 Å². The number of rotatable bonds is 5. The fraction of sp³-hybridized carbons (Fsp3) is 0.333. The van der Waals surface area contributed by atoms with E-state index in [9.17, 15) is 10.1 Å². The summed E-state index contributed by atoms with van der Waals surface area (Å²) >= 11 is 2.60. The van der Waals surface area contributed by atoms with Gasteiger partial charge >= 0.3 is 5.00 Å². The molecule has 2 aromatic rings. The van der Waals surface area contributed by atoms with Gasteiger partial charge in [-0.1, -0.05) is 22.7 Å². The summed E-state index contributed by atoms with van der Waals surface area (Å²) in [5.74, 6) is 0. The van der Waals surface area contributed by atoms with Crippen molar-refractivity contribution in [2.45, 2.75) is 6.42 Å². The Morgan fingerprint density at radius 3 is 2.88 bits per heavy atom. The zero-order valence-corrected chi connectivity index (χ0v) is 10.7. The highest BCUT2D eigenvalue weighted by molar-refractivity contribution is 7.23. The van der Waals surface area contributed by atoms with E-state index in [1.54, 1.807) is 6.07 Å². The van der Waals surface area contributed by atoms with Crippen molar-refractivity contribution in [3.63, 3.8) is 0 Å². The number of likely N-dealkylation sites (N-methyl/N-ethyl adjacent to an activating group) is 1. The van der Waals surface area contributed by atoms with E-state index in [0.717, 1.165) is 39.2 Å². The van der Waals surface area contributed by atoms with E-state index in [1.165, 1.54) is 17.4 Å². The molecule has 2 rings (SSSR count). The van der Waals surface area contributed by atoms with Crippen LogP contribution in [0.25, 0.3) is 9.88 Å². The van der Waals surface area contributed by atoms with Gasteiger partial charge in [-0.25, -0.2) is 0 Å². The maximum absolute atomic E-state index is 10.6. The summed E-state index contributed by atoms with van der Waals surface area (Å²) in [5.41, 5.74) is 0. The first-order chi connectivity index (χ1) is 8.20. The molecule has 1 N–H and O–H groups in total. The standard InChI is InChI=1S/C9H10N4O2S2/c1-10-5-4-7-11-12-9(17-7)6-2-3-8(16-6)13(14)15/h2-3,10H,4-5H2,1H3. The first kappa shape index (κ1) is 12.1. The Labute approximate surface area is 105 Å². The first-order valence-corrected chi connectivity index (χ1v) is 6.55. The summed E-state index contributed by atoms with van der Waals surface area (Å²) in [6.45, 7) is 0.846. The summed E-state index contributed by atoms with van der Waals surface area (Å²) in [4.78, 5) is 11.0. The van der Waals surface area contributed by atoms with Gasteiger partial charge in [-0.15, -0.1) is 10.2 Å². The quantitative estimate of drug-likeness (QED) is 0.663. The third-order valence-corrected chi connectivity index (χ3v) is 4.23. The van der Waals surface area contributed by atoms with E-state index in [1.807, 2.05) is 7.05 Å². The molecular weight excluding hydrogens is 260 g/mol. The highest BCUT2D eigenvalue weighted by Gasteiger charge is 2.14. The van der Waals surface area contributed by atoms with Crippen molar-refractivity contribution in [3.05, 3.63) is 27.3 Å². The van der Waals surface area contributed by atoms with Crippen LogP contribution in [-0.4, -0.2) is 28.7 Å². The second-order valence-corrected chi connectivity index (χ2v) is 5.37. The molecule has 2 heterocycles. The monoisotopic (exact) mass is 270 g/mol. The maximum atomic E-state index is 10.6. The normalized spacial score (nSPS) is 10.6. The number of thiophene rings is 1. The minimum atomic E-state index is -0.392. The summed E-state index contributed by atoms with van der Waals surface area (Å²) in [6, 6.07) is 3.21. The number of aromatic nitrogens is 2. The van der Waals surface area contributed by atoms with Gasteiger partial charge in [-0.2, -0.15) is 0 Å². The van der Waals surface area contributed by atoms with Crippen LogP contribution < -0.4 is 5.32 Å². The van der Waals surface area contributed by atoms with Gasteiger partial charge in [0.2, 0.25) is 0 Å². The fourth-order valence-electron chi connectivity index (χ4n) is 1.23. The Hall–Kier alpha value is -1.38. The average Bonchev–Trinajstić information content (AvgIpc) is 2.94. The third kappa shape index (κ3) is 2.84. The molecule has 2 aromatic heterocycles. The molecule has 0 bridgehead atoms. The summed E-state index contributed by atoms with van der Waals surface area (Å²) < 4.78 is 0. The van der Waals surface area contributed by atoms with Crippen molar-refractivity contribution in [3.8, 4) is 9.88 Å². The van der Waals surface area contributed by atoms with E-state index in [0.29, 0.717) is 0 Å². The van der Waals surface area contributed by atoms with Crippen LogP contribution in [0.3, 0.4) is 0 Å². The highest BCUT2D eigenvalue weighted by Crippen LogP contribution is 2.34. The molecule has 90 valence electrons. The molecule has 0 aliphatic heterocycles. The molecule has 0 saturated carbocycles. The van der Waals surface area contributed by atoms with Crippen LogP contribution in [0.1, 0.15) is 5.01 Å². The predicted octanol–water partition coefficient (Wildman–Crippen LogP) is 1.94. The summed E-state index contributed by atoms with van der Waals surface area (Å²) in [6.07, 6.45) is 0.821. The van der Waals surface area contributed by atoms with Crippen LogP contribution in [0.4, 0.5) is 5.00 Å². The van der Waals surface area contributed by atoms with Gasteiger partial charge in [0.25, 0.3) is 0 Å². The van der Waals surface area contributed by atoms with Gasteiger partial charge in [-0.3, -0.25) is 10.1 Å². The van der Waals surface area contributed by atoms with E-state index in [2.05, 4.69) is 15.5 Å². The zero-order chi connectivity index (χ0) is 12.3. The number of hydrogen-bond donors (Lipinski definition) is 1. The number of nitrogens with one attached hydrogen (secondary N) is 1. The minimum Gasteiger partial charge on any atom is -0.319 e. The SMILES string of the molecule is CNCCc1nnc(-c2ccc([N+](=O)[O-])s2)s1. The Morgan fingerprint density at radius 1 is 1.41 bits per heavy atom. The van der Waals surface area contributed by atoms with Gasteiger partial charge in [0.15, 0.2) is 5.01 Å². The lowest BCUT2D eigenvalue weighted by molar-refractivity contribution is -0.380. The summed E-state index contributed by atoms with van der Waals surface area (Å²) in [7, 11) is 1.88. The van der Waals surface area contributed by atoms with Gasteiger partial charge in [0.05, 0.1) is 9.80 Å². The van der Waals surface area contributed by atoms with Gasteiger partial charge in [0.1, 0.15) is 5.01 Å². The zero-order valence-electron chi connectivity index (χ0n) is 9.04. The molecule has 0 spiro atoms. The van der Waals surface area contributed by atoms with Crippen molar-refractivity contribution in [2.24, 2.45) is 0 Å². The van der Waals surface area contributed by atoms with Crippen molar-refractivity contribution in [1.29, 1.82) is 0 Å². The van der Waals surface area contributed by atoms with E-state index in [4.69, 9.17) is 0 Å². The van der Waals surface area contributed by atoms with Gasteiger partial charge in [0, 0.05) is 19.0 Å². The van der Waals surface area contributed by atoms with Crippen LogP contribution in [-0.2, 0) is 6.42 Å². The average molecular weight is 270 g/mol. The molecule has 6 nitrogen and oxygen atoms in total. The van der Waals surface area contributed by atoms with E-state index >= 15 is 0 Å². The van der Waals surface area contributed by atoms with Crippen molar-refractivity contribution in [1.82, 2.24) is 15.5 Å². The smallest absolute Gasteiger partial charge is 0.319 e. The molecule has 0 saturated heterocycles. The lowest BCUT2D eigenvalue weighted by Gasteiger charge is -1.91. The molecular formula is C9H10N4O2S2. The van der Waals surface area contributed by atoms with Crippen LogP contribution in [0.5, 0.6) is 0 Å². The summed E-state index contributed by atoms with van der Waals surface area (Å²) in [5, 5.41) is 23.5. The molecule has 17 heavy (non-hydrogen) atoms. The predicted molar refractivity (Wildman–Crippen MR) is 67.5 cm³/mol. The second kappa shape index (κ2) is 5.30. The second-order valence-electron chi connectivity index (χ2n) is 3.25. The molecule has 0 atom stereocenters. The lowest BCUT2D eigenvalue weighted by Crippen LogP contribution is -2.09. The van der Waals surface area contributed by atoms with Crippen molar-refractivity contribution >= 4 is 27.7 Å². The topological polar surface area (TPSA) is 81.0 Å². The molecule has 0 amide bonds. The van der Waals surface area contributed by atoms with Crippen molar-refractivity contribution < 1.29 is 4.92 Å². The third-order valence-electron chi connectivity index (χ3n) is 2.04. The first-order valence-electron chi connectivity index (χ1n) is 4.92. The molecule has 0 fully saturated rings. The Balaban J connectivity index is 2.15. The van der Waals surface area contributed by atoms with Crippen LogP contribution in [0, 0.1) is 10.1 Å². The molecule has 0 aromatic carbocycles. The van der Waals surface area contributed by atoms with Crippen molar-refractivity contribution in [2.75, 3.05) is 13.6 Å². The number of nitrogens with zero attached hydrogens (tertiary/aromatic N) is 3. The molecule has 0 aliphatic rings. The van der Waals surface area contributed by atoms with E-state index in [-0.39, 0.29) is 5.00 Å². The largest absolute Gasteiger partial charge is 0.324 e. The number of hydrogen-bond acceptors (Lipinski definition) is 7. The highest BCUT2D eigenvalue weighted by atomic mass is 32.1. The molecule has 8 heteroatoms. The minimum absolute atomic E-state index is 0.131. The molecule has 0 unspecified atom stereocenters. The Kier molecular flexibility index (Phi) is 3.77. The van der Waals surface area contributed by atoms with Crippen LogP contribution >= 0.6 is 22.7 Å². The number of nitro groups is 1. The molecule has 0 aliphatic carbocycles. The maximum Gasteiger partial charge on any atom is 0.324 e. The Morgan fingerprint density at radius 2 is 2.24 bits per heavy atom. The fourth-order valence-corrected chi connectivity index (χ4v) is 2.94. The Bertz CT molecular complexity index is 523. The lowest BCUT2D eigenvalue weighted by atomic mass is 10.4. The van der Waals surface area contributed by atoms with Crippen LogP contribution in [0.15, 0.2) is 12.1 Å². The van der Waals surface area contributed by atoms with Crippen LogP contribution in [0.2, 0.25) is 0 Å². The molecule has 0 radical (unpaired) electrons. The van der Waals surface area contributed by atoms with Gasteiger partial charge < -0.3 is 5.32 Å². The van der Waals surface area contributed by atoms with E-state index < -0.39 is 4.92 Å².